The van der Waals surface area contributed by atoms with Crippen molar-refractivity contribution < 1.29 is 9.59 Å². The van der Waals surface area contributed by atoms with Crippen LogP contribution in [0.25, 0.3) is 0 Å². The molecule has 1 aliphatic rings. The van der Waals surface area contributed by atoms with E-state index in [9.17, 15) is 9.59 Å². The maximum Gasteiger partial charge on any atom is 0.254 e. The van der Waals surface area contributed by atoms with Gasteiger partial charge in [0.2, 0.25) is 5.91 Å². The van der Waals surface area contributed by atoms with Crippen LogP contribution < -0.4 is 0 Å². The summed E-state index contributed by atoms with van der Waals surface area (Å²) in [6, 6.07) is 5.71. The first-order chi connectivity index (χ1) is 9.90. The number of amides is 2. The molecule has 0 aliphatic carbocycles. The van der Waals surface area contributed by atoms with Crippen molar-refractivity contribution >= 4 is 27.7 Å². The fourth-order valence-corrected chi connectivity index (χ4v) is 3.21. The Hall–Kier alpha value is -1.36. The van der Waals surface area contributed by atoms with Crippen molar-refractivity contribution in [1.29, 1.82) is 0 Å². The molecule has 2 amide bonds. The molecule has 1 aromatic carbocycles. The molecule has 4 nitrogen and oxygen atoms in total. The van der Waals surface area contributed by atoms with Crippen molar-refractivity contribution in [3.8, 4) is 0 Å². The van der Waals surface area contributed by atoms with Crippen molar-refractivity contribution in [2.24, 2.45) is 5.92 Å². The summed E-state index contributed by atoms with van der Waals surface area (Å²) in [6.07, 6.45) is 1.50. The highest BCUT2D eigenvalue weighted by molar-refractivity contribution is 9.10. The third kappa shape index (κ3) is 3.64. The van der Waals surface area contributed by atoms with Crippen LogP contribution in [-0.4, -0.2) is 48.8 Å². The minimum absolute atomic E-state index is 0.0510. The predicted octanol–water partition coefficient (Wildman–Crippen LogP) is 2.70. The molecule has 0 atom stereocenters. The number of rotatable bonds is 2. The van der Waals surface area contributed by atoms with Gasteiger partial charge < -0.3 is 9.80 Å². The van der Waals surface area contributed by atoms with Gasteiger partial charge in [0.25, 0.3) is 5.91 Å². The van der Waals surface area contributed by atoms with Crippen LogP contribution in [0.3, 0.4) is 0 Å². The minimum atomic E-state index is 0.0510. The first-order valence-corrected chi connectivity index (χ1v) is 7.96. The number of nitrogens with zero attached hydrogens (tertiary/aromatic N) is 2. The molecule has 114 valence electrons. The third-order valence-electron chi connectivity index (χ3n) is 3.99. The third-order valence-corrected chi connectivity index (χ3v) is 4.48. The van der Waals surface area contributed by atoms with E-state index in [0.29, 0.717) is 13.1 Å². The Morgan fingerprint density at radius 2 is 1.86 bits per heavy atom. The van der Waals surface area contributed by atoms with Crippen LogP contribution in [-0.2, 0) is 4.79 Å². The Balaban J connectivity index is 2.02. The summed E-state index contributed by atoms with van der Waals surface area (Å²) in [5.74, 6) is 0.285. The molecule has 21 heavy (non-hydrogen) atoms. The number of likely N-dealkylation sites (tertiary alicyclic amines) is 1. The van der Waals surface area contributed by atoms with E-state index in [-0.39, 0.29) is 17.7 Å². The summed E-state index contributed by atoms with van der Waals surface area (Å²) in [7, 11) is 3.57. The van der Waals surface area contributed by atoms with E-state index in [2.05, 4.69) is 15.9 Å². The van der Waals surface area contributed by atoms with Gasteiger partial charge in [-0.3, -0.25) is 9.59 Å². The van der Waals surface area contributed by atoms with Crippen molar-refractivity contribution in [2.45, 2.75) is 19.8 Å². The summed E-state index contributed by atoms with van der Waals surface area (Å²) in [5, 5.41) is 0. The molecule has 5 heteroatoms. The second-order valence-corrected chi connectivity index (χ2v) is 6.67. The standard InChI is InChI=1S/C16H21BrN2O2/c1-11-10-13(17)4-5-14(11)16(21)19-8-6-12(7-9-19)15(20)18(2)3/h4-5,10,12H,6-9H2,1-3H3. The second kappa shape index (κ2) is 6.60. The van der Waals surface area contributed by atoms with E-state index >= 15 is 0 Å². The number of hydrogen-bond acceptors (Lipinski definition) is 2. The molecule has 0 bridgehead atoms. The molecule has 0 aromatic heterocycles. The fraction of sp³-hybridized carbons (Fsp3) is 0.500. The van der Waals surface area contributed by atoms with Crippen LogP contribution in [0.5, 0.6) is 0 Å². The molecule has 0 spiro atoms. The topological polar surface area (TPSA) is 40.6 Å². The Kier molecular flexibility index (Phi) is 5.04. The highest BCUT2D eigenvalue weighted by Gasteiger charge is 2.28. The van der Waals surface area contributed by atoms with Gasteiger partial charge in [-0.2, -0.15) is 0 Å². The highest BCUT2D eigenvalue weighted by atomic mass is 79.9. The maximum absolute atomic E-state index is 12.6. The van der Waals surface area contributed by atoms with Crippen LogP contribution in [0.4, 0.5) is 0 Å². The van der Waals surface area contributed by atoms with Crippen molar-refractivity contribution in [1.82, 2.24) is 9.80 Å². The van der Waals surface area contributed by atoms with E-state index in [1.807, 2.05) is 30.0 Å². The zero-order chi connectivity index (χ0) is 15.6. The molecule has 2 rings (SSSR count). The molecule has 1 heterocycles. The molecule has 0 saturated carbocycles. The summed E-state index contributed by atoms with van der Waals surface area (Å²) >= 11 is 3.41. The molecule has 1 aromatic rings. The van der Waals surface area contributed by atoms with Crippen LogP contribution in [0, 0.1) is 12.8 Å². The lowest BCUT2D eigenvalue weighted by Gasteiger charge is -2.32. The molecule has 0 unspecified atom stereocenters. The number of benzene rings is 1. The first-order valence-electron chi connectivity index (χ1n) is 7.16. The van der Waals surface area contributed by atoms with Crippen molar-refractivity contribution in [2.75, 3.05) is 27.2 Å². The van der Waals surface area contributed by atoms with E-state index in [0.717, 1.165) is 28.4 Å². The minimum Gasteiger partial charge on any atom is -0.349 e. The van der Waals surface area contributed by atoms with Crippen LogP contribution in [0.15, 0.2) is 22.7 Å². The Morgan fingerprint density at radius 3 is 2.38 bits per heavy atom. The molecule has 1 aliphatic heterocycles. The highest BCUT2D eigenvalue weighted by Crippen LogP contribution is 2.22. The Labute approximate surface area is 134 Å². The van der Waals surface area contributed by atoms with Crippen LogP contribution >= 0.6 is 15.9 Å². The van der Waals surface area contributed by atoms with Crippen molar-refractivity contribution in [3.05, 3.63) is 33.8 Å². The van der Waals surface area contributed by atoms with Crippen LogP contribution in [0.1, 0.15) is 28.8 Å². The number of carbonyl (C=O) groups excluding carboxylic acids is 2. The lowest BCUT2D eigenvalue weighted by Crippen LogP contribution is -2.42. The van der Waals surface area contributed by atoms with E-state index in [4.69, 9.17) is 0 Å². The second-order valence-electron chi connectivity index (χ2n) is 5.76. The van der Waals surface area contributed by atoms with Gasteiger partial charge in [0.15, 0.2) is 0 Å². The van der Waals surface area contributed by atoms with Gasteiger partial charge in [0, 0.05) is 43.1 Å². The number of carbonyl (C=O) groups is 2. The molecular formula is C16H21BrN2O2. The predicted molar refractivity (Wildman–Crippen MR) is 86.2 cm³/mol. The van der Waals surface area contributed by atoms with E-state index in [1.54, 1.807) is 19.0 Å². The fourth-order valence-electron chi connectivity index (χ4n) is 2.73. The zero-order valence-electron chi connectivity index (χ0n) is 12.7. The molecule has 0 N–H and O–H groups in total. The Morgan fingerprint density at radius 1 is 1.24 bits per heavy atom. The average Bonchev–Trinajstić information content (AvgIpc) is 2.46. The number of piperidine rings is 1. The van der Waals surface area contributed by atoms with Gasteiger partial charge in [-0.05, 0) is 43.5 Å². The molecular weight excluding hydrogens is 332 g/mol. The van der Waals surface area contributed by atoms with Gasteiger partial charge in [-0.1, -0.05) is 15.9 Å². The summed E-state index contributed by atoms with van der Waals surface area (Å²) in [5.41, 5.74) is 1.72. The quantitative estimate of drug-likeness (QED) is 0.820. The number of halogens is 1. The smallest absolute Gasteiger partial charge is 0.254 e. The van der Waals surface area contributed by atoms with Gasteiger partial charge in [-0.15, -0.1) is 0 Å². The zero-order valence-corrected chi connectivity index (χ0v) is 14.3. The van der Waals surface area contributed by atoms with Gasteiger partial charge >= 0.3 is 0 Å². The monoisotopic (exact) mass is 352 g/mol. The number of hydrogen-bond donors (Lipinski definition) is 0. The average molecular weight is 353 g/mol. The largest absolute Gasteiger partial charge is 0.349 e. The molecule has 1 fully saturated rings. The van der Waals surface area contributed by atoms with Crippen molar-refractivity contribution in [3.63, 3.8) is 0 Å². The van der Waals surface area contributed by atoms with Gasteiger partial charge in [0.1, 0.15) is 0 Å². The Bertz CT molecular complexity index is 549. The van der Waals surface area contributed by atoms with Crippen LogP contribution in [0.2, 0.25) is 0 Å². The first kappa shape index (κ1) is 16.0. The van der Waals surface area contributed by atoms with E-state index in [1.165, 1.54) is 0 Å². The molecule has 0 radical (unpaired) electrons. The SMILES string of the molecule is Cc1cc(Br)ccc1C(=O)N1CCC(C(=O)N(C)C)CC1. The van der Waals surface area contributed by atoms with Gasteiger partial charge in [0.05, 0.1) is 0 Å². The summed E-state index contributed by atoms with van der Waals surface area (Å²) in [6.45, 7) is 3.25. The summed E-state index contributed by atoms with van der Waals surface area (Å²) < 4.78 is 0.979. The van der Waals surface area contributed by atoms with Gasteiger partial charge in [-0.25, -0.2) is 0 Å². The normalized spacial score (nSPS) is 15.9. The lowest BCUT2D eigenvalue weighted by molar-refractivity contribution is -0.134. The van der Waals surface area contributed by atoms with E-state index < -0.39 is 0 Å². The molecule has 1 saturated heterocycles. The number of aryl methyl sites for hydroxylation is 1. The summed E-state index contributed by atoms with van der Waals surface area (Å²) in [4.78, 5) is 28.0. The lowest BCUT2D eigenvalue weighted by atomic mass is 9.94. The maximum atomic E-state index is 12.6.